The summed E-state index contributed by atoms with van der Waals surface area (Å²) in [6.07, 6.45) is 3.69. The molecule has 1 fully saturated rings. The fraction of sp³-hybridized carbons (Fsp3) is 0.364. The van der Waals surface area contributed by atoms with E-state index in [0.717, 1.165) is 67.9 Å². The normalized spacial score (nSPS) is 16.4. The summed E-state index contributed by atoms with van der Waals surface area (Å²) in [5, 5.41) is 0. The minimum atomic E-state index is -0.183. The van der Waals surface area contributed by atoms with Gasteiger partial charge in [0.2, 0.25) is 0 Å². The lowest BCUT2D eigenvalue weighted by molar-refractivity contribution is 0.101. The van der Waals surface area contributed by atoms with Crippen LogP contribution < -0.4 is 9.64 Å². The van der Waals surface area contributed by atoms with Crippen LogP contribution in [0.4, 0.5) is 5.69 Å². The fourth-order valence-corrected chi connectivity index (χ4v) is 4.55. The van der Waals surface area contributed by atoms with Crippen molar-refractivity contribution in [3.8, 4) is 5.75 Å². The molecule has 1 amide bonds. The van der Waals surface area contributed by atoms with E-state index in [1.807, 2.05) is 18.2 Å². The molecule has 0 spiro atoms. The largest absolute Gasteiger partial charge is 0.494 e. The van der Waals surface area contributed by atoms with Gasteiger partial charge in [0.1, 0.15) is 16.8 Å². The van der Waals surface area contributed by atoms with Gasteiger partial charge in [-0.1, -0.05) is 6.07 Å². The Morgan fingerprint density at radius 1 is 1.03 bits per heavy atom. The Bertz CT molecular complexity index is 1090. The number of hydrogen-bond donors (Lipinski definition) is 0. The highest BCUT2D eigenvalue weighted by atomic mass is 32.1. The number of rotatable bonds is 7. The van der Waals surface area contributed by atoms with E-state index in [-0.39, 0.29) is 5.91 Å². The summed E-state index contributed by atoms with van der Waals surface area (Å²) in [6, 6.07) is 11.8. The van der Waals surface area contributed by atoms with Gasteiger partial charge in [0.05, 0.1) is 29.6 Å². The first-order valence-corrected chi connectivity index (χ1v) is 11.0. The summed E-state index contributed by atoms with van der Waals surface area (Å²) in [5.74, 6) is 0.559. The lowest BCUT2D eigenvalue weighted by Crippen LogP contribution is -2.46. The molecule has 0 aliphatic carbocycles. The number of amides is 1. The van der Waals surface area contributed by atoms with E-state index in [0.29, 0.717) is 12.2 Å². The highest BCUT2D eigenvalue weighted by Crippen LogP contribution is 2.26. The zero-order valence-corrected chi connectivity index (χ0v) is 17.5. The number of anilines is 1. The molecule has 0 atom stereocenters. The van der Waals surface area contributed by atoms with Crippen LogP contribution in [-0.2, 0) is 0 Å². The van der Waals surface area contributed by atoms with E-state index in [9.17, 15) is 4.79 Å². The molecule has 1 saturated heterocycles. The Morgan fingerprint density at radius 3 is 2.83 bits per heavy atom. The molecule has 0 unspecified atom stereocenters. The Kier molecular flexibility index (Phi) is 5.42. The maximum atomic E-state index is 11.7. The SMILES string of the molecule is O=C1N=Cc2ccc(OCCCCN3CCN(c4cccc5nsnc45)CC3)cc21. The van der Waals surface area contributed by atoms with E-state index in [4.69, 9.17) is 4.74 Å². The number of carbonyl (C=O) groups excluding carboxylic acids is 1. The number of ether oxygens (including phenoxy) is 1. The molecule has 30 heavy (non-hydrogen) atoms. The Balaban J connectivity index is 1.04. The zero-order valence-electron chi connectivity index (χ0n) is 16.7. The third-order valence-corrected chi connectivity index (χ3v) is 6.23. The monoisotopic (exact) mass is 421 g/mol. The molecule has 0 bridgehead atoms. The highest BCUT2D eigenvalue weighted by Gasteiger charge is 2.19. The van der Waals surface area contributed by atoms with Gasteiger partial charge in [-0.3, -0.25) is 9.69 Å². The second-order valence-electron chi connectivity index (χ2n) is 7.61. The molecule has 0 N–H and O–H groups in total. The number of fused-ring (bicyclic) bond motifs is 2. The smallest absolute Gasteiger partial charge is 0.277 e. The molecule has 5 rings (SSSR count). The van der Waals surface area contributed by atoms with Crippen LogP contribution in [0.15, 0.2) is 41.4 Å². The molecule has 0 saturated carbocycles. The quantitative estimate of drug-likeness (QED) is 0.546. The van der Waals surface area contributed by atoms with Crippen LogP contribution in [0.5, 0.6) is 5.75 Å². The molecule has 3 heterocycles. The second-order valence-corrected chi connectivity index (χ2v) is 8.13. The maximum absolute atomic E-state index is 11.7. The van der Waals surface area contributed by atoms with Crippen molar-refractivity contribution in [1.82, 2.24) is 13.6 Å². The summed E-state index contributed by atoms with van der Waals surface area (Å²) in [4.78, 5) is 20.4. The van der Waals surface area contributed by atoms with E-state index in [2.05, 4.69) is 35.7 Å². The molecule has 2 aliphatic rings. The van der Waals surface area contributed by atoms with E-state index >= 15 is 0 Å². The predicted octanol–water partition coefficient (Wildman–Crippen LogP) is 3.25. The van der Waals surface area contributed by atoms with Crippen molar-refractivity contribution < 1.29 is 9.53 Å². The molecule has 2 aliphatic heterocycles. The number of benzene rings is 2. The van der Waals surface area contributed by atoms with Gasteiger partial charge in [-0.05, 0) is 49.7 Å². The summed E-state index contributed by atoms with van der Waals surface area (Å²) >= 11 is 1.28. The Labute approximate surface area is 179 Å². The van der Waals surface area contributed by atoms with Gasteiger partial charge < -0.3 is 9.64 Å². The van der Waals surface area contributed by atoms with Crippen molar-refractivity contribution in [1.29, 1.82) is 0 Å². The second kappa shape index (κ2) is 8.49. The molecule has 3 aromatic rings. The first-order valence-electron chi connectivity index (χ1n) is 10.3. The fourth-order valence-electron chi connectivity index (χ4n) is 4.01. The zero-order chi connectivity index (χ0) is 20.3. The topological polar surface area (TPSA) is 70.9 Å². The summed E-state index contributed by atoms with van der Waals surface area (Å²) in [7, 11) is 0. The van der Waals surface area contributed by atoms with Gasteiger partial charge >= 0.3 is 0 Å². The van der Waals surface area contributed by atoms with Crippen molar-refractivity contribution in [2.75, 3.05) is 44.2 Å². The average Bonchev–Trinajstić information content (AvgIpc) is 3.41. The lowest BCUT2D eigenvalue weighted by atomic mass is 10.1. The standard InChI is InChI=1S/C22H23N5O2S/c28-22-18-14-17(7-6-16(18)15-23-22)29-13-2-1-8-26-9-11-27(12-10-26)20-5-3-4-19-21(20)25-30-24-19/h3-7,14-15H,1-2,8-13H2. The van der Waals surface area contributed by atoms with Crippen LogP contribution in [-0.4, -0.2) is 65.1 Å². The molecule has 0 radical (unpaired) electrons. The van der Waals surface area contributed by atoms with Crippen LogP contribution in [0.1, 0.15) is 28.8 Å². The van der Waals surface area contributed by atoms with Crippen LogP contribution in [0.25, 0.3) is 11.0 Å². The minimum Gasteiger partial charge on any atom is -0.494 e. The van der Waals surface area contributed by atoms with E-state index in [1.165, 1.54) is 17.4 Å². The third kappa shape index (κ3) is 3.93. The van der Waals surface area contributed by atoms with Gasteiger partial charge in [0.25, 0.3) is 5.91 Å². The predicted molar refractivity (Wildman–Crippen MR) is 119 cm³/mol. The minimum absolute atomic E-state index is 0.183. The number of hydrogen-bond acceptors (Lipinski definition) is 7. The van der Waals surface area contributed by atoms with E-state index < -0.39 is 0 Å². The average molecular weight is 422 g/mol. The van der Waals surface area contributed by atoms with Gasteiger partial charge in [0.15, 0.2) is 0 Å². The van der Waals surface area contributed by atoms with Gasteiger partial charge in [-0.15, -0.1) is 0 Å². The number of carbonyl (C=O) groups is 1. The van der Waals surface area contributed by atoms with Crippen LogP contribution in [0.2, 0.25) is 0 Å². The molecule has 2 aromatic carbocycles. The van der Waals surface area contributed by atoms with Crippen LogP contribution in [0.3, 0.4) is 0 Å². The molecule has 1 aromatic heterocycles. The number of unbranched alkanes of at least 4 members (excludes halogenated alkanes) is 1. The highest BCUT2D eigenvalue weighted by molar-refractivity contribution is 7.00. The first kappa shape index (κ1) is 19.1. The van der Waals surface area contributed by atoms with Gasteiger partial charge in [0, 0.05) is 38.0 Å². The molecular weight excluding hydrogens is 398 g/mol. The lowest BCUT2D eigenvalue weighted by Gasteiger charge is -2.36. The van der Waals surface area contributed by atoms with Crippen molar-refractivity contribution in [3.63, 3.8) is 0 Å². The Hall–Kier alpha value is -2.84. The summed E-state index contributed by atoms with van der Waals surface area (Å²) in [5.41, 5.74) is 4.71. The van der Waals surface area contributed by atoms with Crippen LogP contribution >= 0.6 is 11.7 Å². The van der Waals surface area contributed by atoms with Crippen molar-refractivity contribution >= 4 is 40.6 Å². The van der Waals surface area contributed by atoms with Crippen molar-refractivity contribution in [2.24, 2.45) is 4.99 Å². The van der Waals surface area contributed by atoms with Gasteiger partial charge in [-0.25, -0.2) is 4.99 Å². The molecular formula is C22H23N5O2S. The maximum Gasteiger partial charge on any atom is 0.277 e. The first-order chi connectivity index (χ1) is 14.8. The van der Waals surface area contributed by atoms with E-state index in [1.54, 1.807) is 12.3 Å². The van der Waals surface area contributed by atoms with Crippen molar-refractivity contribution in [2.45, 2.75) is 12.8 Å². The summed E-state index contributed by atoms with van der Waals surface area (Å²) < 4.78 is 14.6. The van der Waals surface area contributed by atoms with Gasteiger partial charge in [-0.2, -0.15) is 8.75 Å². The number of piperazine rings is 1. The van der Waals surface area contributed by atoms with Crippen molar-refractivity contribution in [3.05, 3.63) is 47.5 Å². The Morgan fingerprint density at radius 2 is 1.93 bits per heavy atom. The molecule has 7 nitrogen and oxygen atoms in total. The molecule has 154 valence electrons. The van der Waals surface area contributed by atoms with Crippen LogP contribution in [0, 0.1) is 0 Å². The third-order valence-electron chi connectivity index (χ3n) is 5.69. The number of aromatic nitrogens is 2. The number of nitrogens with zero attached hydrogens (tertiary/aromatic N) is 5. The number of aliphatic imine (C=N–C) groups is 1. The summed E-state index contributed by atoms with van der Waals surface area (Å²) in [6.45, 7) is 5.88. The molecule has 8 heteroatoms.